The first-order valence-electron chi connectivity index (χ1n) is 8.87. The zero-order valence-corrected chi connectivity index (χ0v) is 15.3. The molecule has 1 heterocycles. The first kappa shape index (κ1) is 19.2. The lowest BCUT2D eigenvalue weighted by atomic mass is 10.1. The predicted molar refractivity (Wildman–Crippen MR) is 107 cm³/mol. The zero-order chi connectivity index (χ0) is 18.6. The Kier molecular flexibility index (Phi) is 7.87. The molecule has 0 aliphatic heterocycles. The number of hydrogen-bond acceptors (Lipinski definition) is 3. The lowest BCUT2D eigenvalue weighted by Gasteiger charge is -2.12. The molecule has 4 nitrogen and oxygen atoms in total. The first-order valence-corrected chi connectivity index (χ1v) is 8.87. The van der Waals surface area contributed by atoms with Crippen molar-refractivity contribution >= 4 is 11.6 Å². The van der Waals surface area contributed by atoms with Gasteiger partial charge in [-0.3, -0.25) is 9.78 Å². The molecule has 0 saturated carbocycles. The number of para-hydroxylation sites is 1. The summed E-state index contributed by atoms with van der Waals surface area (Å²) in [4.78, 5) is 16.5. The maximum atomic E-state index is 12.5. The number of carbonyl (C=O) groups is 1. The summed E-state index contributed by atoms with van der Waals surface area (Å²) in [5.74, 6) is -0.0864. The van der Waals surface area contributed by atoms with E-state index < -0.39 is 0 Å². The lowest BCUT2D eigenvalue weighted by Crippen LogP contribution is -2.23. The summed E-state index contributed by atoms with van der Waals surface area (Å²) < 4.78 is 0. The quantitative estimate of drug-likeness (QED) is 0.682. The fraction of sp³-hybridized carbons (Fsp3) is 0.182. The Hall–Kier alpha value is -3.14. The van der Waals surface area contributed by atoms with Crippen molar-refractivity contribution in [3.8, 4) is 0 Å². The van der Waals surface area contributed by atoms with E-state index in [0.717, 1.165) is 16.8 Å². The van der Waals surface area contributed by atoms with E-state index in [1.807, 2.05) is 80.6 Å². The first-order chi connectivity index (χ1) is 12.8. The molecule has 0 bridgehead atoms. The van der Waals surface area contributed by atoms with Gasteiger partial charge in [-0.25, -0.2) is 0 Å². The number of rotatable bonds is 6. The summed E-state index contributed by atoms with van der Waals surface area (Å²) in [6.45, 7) is 5.16. The third-order valence-corrected chi connectivity index (χ3v) is 3.70. The van der Waals surface area contributed by atoms with Gasteiger partial charge in [0.05, 0.1) is 5.56 Å². The van der Waals surface area contributed by atoms with E-state index in [9.17, 15) is 4.79 Å². The van der Waals surface area contributed by atoms with Crippen molar-refractivity contribution in [3.63, 3.8) is 0 Å². The molecule has 0 aliphatic rings. The molecule has 0 atom stereocenters. The number of anilines is 1. The molecule has 0 radical (unpaired) electrons. The molecule has 0 aliphatic carbocycles. The number of pyridine rings is 1. The van der Waals surface area contributed by atoms with Crippen LogP contribution < -0.4 is 10.6 Å². The van der Waals surface area contributed by atoms with Crippen molar-refractivity contribution in [1.82, 2.24) is 10.3 Å². The molecule has 2 N–H and O–H groups in total. The summed E-state index contributed by atoms with van der Waals surface area (Å²) in [5, 5.41) is 6.28. The van der Waals surface area contributed by atoms with Crippen LogP contribution in [0.5, 0.6) is 0 Å². The molecule has 0 spiro atoms. The molecule has 0 saturated heterocycles. The summed E-state index contributed by atoms with van der Waals surface area (Å²) in [5.41, 5.74) is 3.65. The molecule has 134 valence electrons. The lowest BCUT2D eigenvalue weighted by molar-refractivity contribution is 0.0951. The maximum Gasteiger partial charge on any atom is 0.253 e. The van der Waals surface area contributed by atoms with Crippen molar-refractivity contribution < 1.29 is 4.79 Å². The van der Waals surface area contributed by atoms with Crippen LogP contribution in [0.4, 0.5) is 5.69 Å². The predicted octanol–water partition coefficient (Wildman–Crippen LogP) is 4.65. The third-order valence-electron chi connectivity index (χ3n) is 3.70. The Morgan fingerprint density at radius 1 is 0.808 bits per heavy atom. The molecule has 2 aromatic carbocycles. The summed E-state index contributed by atoms with van der Waals surface area (Å²) in [6.07, 6.45) is 3.52. The second kappa shape index (κ2) is 10.7. The Bertz CT molecular complexity index is 789. The van der Waals surface area contributed by atoms with Gasteiger partial charge >= 0.3 is 0 Å². The number of aromatic nitrogens is 1. The summed E-state index contributed by atoms with van der Waals surface area (Å²) >= 11 is 0. The number of carbonyl (C=O) groups excluding carboxylic acids is 1. The van der Waals surface area contributed by atoms with Crippen molar-refractivity contribution in [2.45, 2.75) is 26.9 Å². The minimum absolute atomic E-state index is 0.0864. The van der Waals surface area contributed by atoms with Gasteiger partial charge in [0.15, 0.2) is 0 Å². The van der Waals surface area contributed by atoms with Gasteiger partial charge in [0.2, 0.25) is 0 Å². The number of nitrogens with zero attached hydrogens (tertiary/aromatic N) is 1. The Morgan fingerprint density at radius 2 is 1.42 bits per heavy atom. The van der Waals surface area contributed by atoms with E-state index in [1.165, 1.54) is 0 Å². The zero-order valence-electron chi connectivity index (χ0n) is 15.3. The average Bonchev–Trinajstić information content (AvgIpc) is 2.74. The molecule has 0 fully saturated rings. The van der Waals surface area contributed by atoms with Gasteiger partial charge in [0.25, 0.3) is 5.91 Å². The number of amides is 1. The van der Waals surface area contributed by atoms with Gasteiger partial charge in [-0.05, 0) is 35.4 Å². The second-order valence-electron chi connectivity index (χ2n) is 5.42. The van der Waals surface area contributed by atoms with Crippen LogP contribution in [0.15, 0.2) is 79.1 Å². The van der Waals surface area contributed by atoms with Gasteiger partial charge in [0.1, 0.15) is 0 Å². The van der Waals surface area contributed by atoms with E-state index in [1.54, 1.807) is 12.4 Å². The van der Waals surface area contributed by atoms with E-state index in [0.29, 0.717) is 18.7 Å². The van der Waals surface area contributed by atoms with Gasteiger partial charge in [-0.1, -0.05) is 56.3 Å². The highest BCUT2D eigenvalue weighted by Gasteiger charge is 2.10. The topological polar surface area (TPSA) is 54.0 Å². The van der Waals surface area contributed by atoms with Crippen molar-refractivity contribution in [1.29, 1.82) is 0 Å². The fourth-order valence-corrected chi connectivity index (χ4v) is 2.41. The van der Waals surface area contributed by atoms with Crippen LogP contribution in [-0.2, 0) is 13.1 Å². The van der Waals surface area contributed by atoms with Gasteiger partial charge in [-0.2, -0.15) is 0 Å². The molecule has 3 rings (SSSR count). The molecule has 26 heavy (non-hydrogen) atoms. The van der Waals surface area contributed by atoms with Crippen LogP contribution in [0, 0.1) is 0 Å². The fourth-order valence-electron chi connectivity index (χ4n) is 2.41. The van der Waals surface area contributed by atoms with Crippen LogP contribution in [-0.4, -0.2) is 10.9 Å². The molecular formula is C22H25N3O. The Morgan fingerprint density at radius 3 is 2.15 bits per heavy atom. The molecular weight excluding hydrogens is 322 g/mol. The summed E-state index contributed by atoms with van der Waals surface area (Å²) in [7, 11) is 0. The SMILES string of the molecule is CC.O=C(NCc1ccccc1)c1ccccc1NCc1ccncc1. The molecule has 4 heteroatoms. The van der Waals surface area contributed by atoms with Crippen LogP contribution >= 0.6 is 0 Å². The minimum atomic E-state index is -0.0864. The van der Waals surface area contributed by atoms with Crippen LogP contribution in [0.3, 0.4) is 0 Å². The van der Waals surface area contributed by atoms with E-state index >= 15 is 0 Å². The van der Waals surface area contributed by atoms with Crippen molar-refractivity contribution in [2.24, 2.45) is 0 Å². The van der Waals surface area contributed by atoms with E-state index in [2.05, 4.69) is 15.6 Å². The van der Waals surface area contributed by atoms with Crippen LogP contribution in [0.25, 0.3) is 0 Å². The molecule has 1 amide bonds. The average molecular weight is 347 g/mol. The standard InChI is InChI=1S/C20H19N3O.C2H6/c24-20(23-15-16-6-2-1-3-7-16)18-8-4-5-9-19(18)22-14-17-10-12-21-13-11-17;1-2/h1-13,22H,14-15H2,(H,23,24);1-2H3. The monoisotopic (exact) mass is 347 g/mol. The Balaban J connectivity index is 0.00000117. The maximum absolute atomic E-state index is 12.5. The van der Waals surface area contributed by atoms with Gasteiger partial charge in [-0.15, -0.1) is 0 Å². The second-order valence-corrected chi connectivity index (χ2v) is 5.42. The summed E-state index contributed by atoms with van der Waals surface area (Å²) in [6, 6.07) is 21.3. The van der Waals surface area contributed by atoms with E-state index in [4.69, 9.17) is 0 Å². The number of benzene rings is 2. The molecule has 1 aromatic heterocycles. The van der Waals surface area contributed by atoms with Gasteiger partial charge in [0, 0.05) is 31.2 Å². The van der Waals surface area contributed by atoms with E-state index in [-0.39, 0.29) is 5.91 Å². The Labute approximate surface area is 155 Å². The van der Waals surface area contributed by atoms with Crippen molar-refractivity contribution in [3.05, 3.63) is 95.8 Å². The third kappa shape index (κ3) is 5.74. The van der Waals surface area contributed by atoms with Crippen molar-refractivity contribution in [2.75, 3.05) is 5.32 Å². The van der Waals surface area contributed by atoms with Gasteiger partial charge < -0.3 is 10.6 Å². The highest BCUT2D eigenvalue weighted by Crippen LogP contribution is 2.16. The number of hydrogen-bond donors (Lipinski definition) is 2. The normalized spacial score (nSPS) is 9.62. The minimum Gasteiger partial charge on any atom is -0.380 e. The number of nitrogens with one attached hydrogen (secondary N) is 2. The molecule has 0 unspecified atom stereocenters. The van der Waals surface area contributed by atoms with Crippen LogP contribution in [0.1, 0.15) is 35.3 Å². The highest BCUT2D eigenvalue weighted by atomic mass is 16.1. The largest absolute Gasteiger partial charge is 0.380 e. The smallest absolute Gasteiger partial charge is 0.253 e. The highest BCUT2D eigenvalue weighted by molar-refractivity contribution is 5.99. The molecule has 3 aromatic rings. The van der Waals surface area contributed by atoms with Crippen LogP contribution in [0.2, 0.25) is 0 Å².